The highest BCUT2D eigenvalue weighted by Crippen LogP contribution is 2.32. The lowest BCUT2D eigenvalue weighted by molar-refractivity contribution is -0.000836. The van der Waals surface area contributed by atoms with E-state index >= 15 is 0 Å². The van der Waals surface area contributed by atoms with E-state index in [0.29, 0.717) is 12.5 Å². The van der Waals surface area contributed by atoms with Gasteiger partial charge in [-0.25, -0.2) is 0 Å². The van der Waals surface area contributed by atoms with Gasteiger partial charge >= 0.3 is 0 Å². The summed E-state index contributed by atoms with van der Waals surface area (Å²) in [5.74, 6) is 1.35. The molecular weight excluding hydrogens is 214 g/mol. The van der Waals surface area contributed by atoms with Crippen molar-refractivity contribution in [2.24, 2.45) is 5.92 Å². The number of hydrogen-bond acceptors (Lipinski definition) is 4. The number of aryl methyl sites for hydroxylation is 1. The Morgan fingerprint density at radius 2 is 2.29 bits per heavy atom. The van der Waals surface area contributed by atoms with Crippen molar-refractivity contribution in [3.63, 3.8) is 0 Å². The van der Waals surface area contributed by atoms with E-state index in [0.717, 1.165) is 30.8 Å². The van der Waals surface area contributed by atoms with Gasteiger partial charge in [0.25, 0.3) is 0 Å². The maximum atomic E-state index is 10.4. The quantitative estimate of drug-likeness (QED) is 0.842. The van der Waals surface area contributed by atoms with Crippen molar-refractivity contribution >= 4 is 5.82 Å². The predicted octanol–water partition coefficient (Wildman–Crippen LogP) is 2.14. The van der Waals surface area contributed by atoms with E-state index in [2.05, 4.69) is 22.4 Å². The molecule has 1 aliphatic carbocycles. The molecule has 4 heteroatoms. The molecule has 1 aromatic rings. The van der Waals surface area contributed by atoms with Crippen molar-refractivity contribution in [2.75, 3.05) is 11.9 Å². The van der Waals surface area contributed by atoms with Crippen molar-refractivity contribution < 1.29 is 5.11 Å². The SMILES string of the molecule is Cc1ccc(NCC2(O)CCCC(C)C2)nn1. The van der Waals surface area contributed by atoms with Gasteiger partial charge in [0.05, 0.1) is 11.3 Å². The van der Waals surface area contributed by atoms with Gasteiger partial charge in [0.15, 0.2) is 0 Å². The summed E-state index contributed by atoms with van der Waals surface area (Å²) in [5, 5.41) is 21.7. The third-order valence-corrected chi connectivity index (χ3v) is 3.46. The van der Waals surface area contributed by atoms with E-state index in [1.807, 2.05) is 19.1 Å². The first-order valence-corrected chi connectivity index (χ1v) is 6.34. The van der Waals surface area contributed by atoms with E-state index in [-0.39, 0.29) is 0 Å². The summed E-state index contributed by atoms with van der Waals surface area (Å²) in [5.41, 5.74) is 0.324. The third-order valence-electron chi connectivity index (χ3n) is 3.46. The van der Waals surface area contributed by atoms with Gasteiger partial charge < -0.3 is 10.4 Å². The Bertz CT molecular complexity index is 365. The van der Waals surface area contributed by atoms with Gasteiger partial charge in [0, 0.05) is 6.54 Å². The minimum Gasteiger partial charge on any atom is -0.388 e. The molecule has 0 spiro atoms. The van der Waals surface area contributed by atoms with Crippen LogP contribution in [0.25, 0.3) is 0 Å². The Balaban J connectivity index is 1.90. The van der Waals surface area contributed by atoms with Crippen molar-refractivity contribution in [1.82, 2.24) is 10.2 Å². The van der Waals surface area contributed by atoms with Gasteiger partial charge in [-0.2, -0.15) is 5.10 Å². The lowest BCUT2D eigenvalue weighted by Crippen LogP contribution is -2.41. The maximum absolute atomic E-state index is 10.4. The van der Waals surface area contributed by atoms with Crippen LogP contribution >= 0.6 is 0 Å². The zero-order valence-electron chi connectivity index (χ0n) is 10.6. The molecule has 0 bridgehead atoms. The van der Waals surface area contributed by atoms with Gasteiger partial charge in [-0.3, -0.25) is 0 Å². The van der Waals surface area contributed by atoms with Crippen molar-refractivity contribution in [1.29, 1.82) is 0 Å². The highest BCUT2D eigenvalue weighted by Gasteiger charge is 2.32. The summed E-state index contributed by atoms with van der Waals surface area (Å²) in [7, 11) is 0. The Kier molecular flexibility index (Phi) is 3.62. The summed E-state index contributed by atoms with van der Waals surface area (Å²) in [6.45, 7) is 4.68. The molecule has 1 fully saturated rings. The minimum absolute atomic E-state index is 0.565. The zero-order chi connectivity index (χ0) is 12.3. The second-order valence-electron chi connectivity index (χ2n) is 5.34. The molecule has 1 aromatic heterocycles. The topological polar surface area (TPSA) is 58.0 Å². The largest absolute Gasteiger partial charge is 0.388 e. The summed E-state index contributed by atoms with van der Waals surface area (Å²) < 4.78 is 0. The summed E-state index contributed by atoms with van der Waals surface area (Å²) in [4.78, 5) is 0. The van der Waals surface area contributed by atoms with E-state index in [4.69, 9.17) is 0 Å². The smallest absolute Gasteiger partial charge is 0.148 e. The number of hydrogen-bond donors (Lipinski definition) is 2. The fourth-order valence-corrected chi connectivity index (χ4v) is 2.54. The molecule has 1 heterocycles. The molecule has 94 valence electrons. The van der Waals surface area contributed by atoms with Crippen LogP contribution in [0.1, 0.15) is 38.3 Å². The molecule has 0 aromatic carbocycles. The van der Waals surface area contributed by atoms with Gasteiger partial charge in [0.1, 0.15) is 5.82 Å². The highest BCUT2D eigenvalue weighted by molar-refractivity contribution is 5.33. The number of nitrogens with one attached hydrogen (secondary N) is 1. The van der Waals surface area contributed by atoms with Crippen LogP contribution in [0.5, 0.6) is 0 Å². The number of aromatic nitrogens is 2. The molecule has 2 N–H and O–H groups in total. The van der Waals surface area contributed by atoms with Crippen molar-refractivity contribution in [2.45, 2.75) is 45.1 Å². The van der Waals surface area contributed by atoms with Crippen LogP contribution in [-0.4, -0.2) is 27.4 Å². The molecule has 0 amide bonds. The second-order valence-corrected chi connectivity index (χ2v) is 5.34. The lowest BCUT2D eigenvalue weighted by atomic mass is 9.79. The second kappa shape index (κ2) is 5.00. The van der Waals surface area contributed by atoms with Crippen LogP contribution in [0.4, 0.5) is 5.82 Å². The van der Waals surface area contributed by atoms with Crippen LogP contribution in [0.15, 0.2) is 12.1 Å². The van der Waals surface area contributed by atoms with Crippen LogP contribution in [0, 0.1) is 12.8 Å². The summed E-state index contributed by atoms with van der Waals surface area (Å²) in [6.07, 6.45) is 4.09. The fourth-order valence-electron chi connectivity index (χ4n) is 2.54. The van der Waals surface area contributed by atoms with Crippen LogP contribution < -0.4 is 5.32 Å². The normalized spacial score (nSPS) is 29.0. The van der Waals surface area contributed by atoms with E-state index in [9.17, 15) is 5.11 Å². The third kappa shape index (κ3) is 3.40. The molecule has 4 nitrogen and oxygen atoms in total. The van der Waals surface area contributed by atoms with Crippen LogP contribution in [0.3, 0.4) is 0 Å². The molecule has 0 radical (unpaired) electrons. The first-order valence-electron chi connectivity index (χ1n) is 6.34. The first kappa shape index (κ1) is 12.3. The van der Waals surface area contributed by atoms with E-state index in [1.165, 1.54) is 6.42 Å². The zero-order valence-corrected chi connectivity index (χ0v) is 10.6. The predicted molar refractivity (Wildman–Crippen MR) is 67.8 cm³/mol. The number of anilines is 1. The Hall–Kier alpha value is -1.16. The van der Waals surface area contributed by atoms with Crippen LogP contribution in [-0.2, 0) is 0 Å². The lowest BCUT2D eigenvalue weighted by Gasteiger charge is -2.35. The molecule has 2 atom stereocenters. The molecule has 2 unspecified atom stereocenters. The molecule has 1 aliphatic rings. The van der Waals surface area contributed by atoms with Crippen molar-refractivity contribution in [3.8, 4) is 0 Å². The molecule has 2 rings (SSSR count). The molecule has 0 saturated heterocycles. The standard InChI is InChI=1S/C13H21N3O/c1-10-4-3-7-13(17,8-10)9-14-12-6-5-11(2)15-16-12/h5-6,10,17H,3-4,7-9H2,1-2H3,(H,14,16). The monoisotopic (exact) mass is 235 g/mol. The number of aliphatic hydroxyl groups is 1. The average Bonchev–Trinajstić information content (AvgIpc) is 2.28. The summed E-state index contributed by atoms with van der Waals surface area (Å²) in [6, 6.07) is 3.82. The molecule has 1 saturated carbocycles. The highest BCUT2D eigenvalue weighted by atomic mass is 16.3. The van der Waals surface area contributed by atoms with Gasteiger partial charge in [-0.1, -0.05) is 19.8 Å². The van der Waals surface area contributed by atoms with E-state index < -0.39 is 5.60 Å². The van der Waals surface area contributed by atoms with Crippen molar-refractivity contribution in [3.05, 3.63) is 17.8 Å². The van der Waals surface area contributed by atoms with Gasteiger partial charge in [-0.15, -0.1) is 5.10 Å². The molecule has 0 aliphatic heterocycles. The Morgan fingerprint density at radius 1 is 1.47 bits per heavy atom. The molecular formula is C13H21N3O. The first-order chi connectivity index (χ1) is 8.07. The van der Waals surface area contributed by atoms with Gasteiger partial charge in [-0.05, 0) is 37.8 Å². The summed E-state index contributed by atoms with van der Waals surface area (Å²) >= 11 is 0. The fraction of sp³-hybridized carbons (Fsp3) is 0.692. The van der Waals surface area contributed by atoms with Gasteiger partial charge in [0.2, 0.25) is 0 Å². The van der Waals surface area contributed by atoms with E-state index in [1.54, 1.807) is 0 Å². The number of nitrogens with zero attached hydrogens (tertiary/aromatic N) is 2. The Labute approximate surface area is 102 Å². The number of rotatable bonds is 3. The minimum atomic E-state index is -0.579. The molecule has 17 heavy (non-hydrogen) atoms. The average molecular weight is 235 g/mol. The Morgan fingerprint density at radius 3 is 2.94 bits per heavy atom. The van der Waals surface area contributed by atoms with Crippen LogP contribution in [0.2, 0.25) is 0 Å². The maximum Gasteiger partial charge on any atom is 0.148 e.